The molecule has 0 radical (unpaired) electrons. The van der Waals surface area contributed by atoms with E-state index in [2.05, 4.69) is 0 Å². The molecule has 3 N–H and O–H groups in total. The van der Waals surface area contributed by atoms with Gasteiger partial charge in [-0.05, 0) is 13.3 Å². The molecular weight excluding hydrogens is 154 g/mol. The third-order valence-corrected chi connectivity index (χ3v) is 2.34. The lowest BCUT2D eigenvalue weighted by Crippen LogP contribution is -2.42. The fourth-order valence-electron chi connectivity index (χ4n) is 0.519. The van der Waals surface area contributed by atoms with Crippen LogP contribution in [0.3, 0.4) is 0 Å². The molecule has 0 heterocycles. The Morgan fingerprint density at radius 2 is 2.00 bits per heavy atom. The minimum Gasteiger partial charge on any atom is -0.324 e. The van der Waals surface area contributed by atoms with E-state index in [1.54, 1.807) is 13.8 Å². The van der Waals surface area contributed by atoms with E-state index < -0.39 is 15.7 Å². The first-order valence-electron chi connectivity index (χ1n) is 3.01. The van der Waals surface area contributed by atoms with E-state index in [9.17, 15) is 8.42 Å². The standard InChI is InChI=1S/C5H13NO3S/c1-3-5(2,6)4-10(7,8)9/h3-4,6H2,1-2H3,(H,7,8,9). The van der Waals surface area contributed by atoms with Gasteiger partial charge < -0.3 is 5.73 Å². The number of nitrogens with two attached hydrogens (primary N) is 1. The molecule has 0 saturated heterocycles. The highest BCUT2D eigenvalue weighted by atomic mass is 32.2. The summed E-state index contributed by atoms with van der Waals surface area (Å²) in [6.07, 6.45) is 0.521. The van der Waals surface area contributed by atoms with Crippen LogP contribution < -0.4 is 5.73 Å². The highest BCUT2D eigenvalue weighted by Gasteiger charge is 2.22. The first-order chi connectivity index (χ1) is 4.27. The van der Waals surface area contributed by atoms with Gasteiger partial charge in [0.1, 0.15) is 0 Å². The molecule has 0 bridgehead atoms. The van der Waals surface area contributed by atoms with Crippen molar-refractivity contribution in [2.75, 3.05) is 5.75 Å². The van der Waals surface area contributed by atoms with Gasteiger partial charge in [-0.3, -0.25) is 4.55 Å². The van der Waals surface area contributed by atoms with E-state index in [1.165, 1.54) is 0 Å². The fraction of sp³-hybridized carbons (Fsp3) is 1.00. The molecule has 1 unspecified atom stereocenters. The van der Waals surface area contributed by atoms with Crippen molar-refractivity contribution >= 4 is 10.1 Å². The van der Waals surface area contributed by atoms with Crippen LogP contribution in [-0.4, -0.2) is 24.3 Å². The van der Waals surface area contributed by atoms with Crippen molar-refractivity contribution in [2.45, 2.75) is 25.8 Å². The minimum absolute atomic E-state index is 0.378. The van der Waals surface area contributed by atoms with Gasteiger partial charge in [0.25, 0.3) is 10.1 Å². The molecule has 10 heavy (non-hydrogen) atoms. The molecule has 0 amide bonds. The second-order valence-electron chi connectivity index (χ2n) is 2.73. The summed E-state index contributed by atoms with van der Waals surface area (Å²) in [6.45, 7) is 3.35. The quantitative estimate of drug-likeness (QED) is 0.580. The van der Waals surface area contributed by atoms with E-state index in [4.69, 9.17) is 10.3 Å². The minimum atomic E-state index is -3.92. The Hall–Kier alpha value is -0.130. The summed E-state index contributed by atoms with van der Waals surface area (Å²) in [5.74, 6) is -0.378. The Balaban J connectivity index is 4.16. The normalized spacial score (nSPS) is 18.4. The lowest BCUT2D eigenvalue weighted by molar-refractivity contribution is 0.441. The van der Waals surface area contributed by atoms with Crippen LogP contribution in [0.4, 0.5) is 0 Å². The molecule has 62 valence electrons. The highest BCUT2D eigenvalue weighted by Crippen LogP contribution is 2.06. The van der Waals surface area contributed by atoms with Crippen molar-refractivity contribution < 1.29 is 13.0 Å². The van der Waals surface area contributed by atoms with E-state index in [0.717, 1.165) is 0 Å². The summed E-state index contributed by atoms with van der Waals surface area (Å²) in [5, 5.41) is 0. The largest absolute Gasteiger partial charge is 0.324 e. The third kappa shape index (κ3) is 4.72. The van der Waals surface area contributed by atoms with E-state index in [-0.39, 0.29) is 5.75 Å². The fourth-order valence-corrected chi connectivity index (χ4v) is 1.56. The third-order valence-electron chi connectivity index (χ3n) is 1.32. The summed E-state index contributed by atoms with van der Waals surface area (Å²) in [7, 11) is -3.92. The first kappa shape index (κ1) is 9.87. The van der Waals surface area contributed by atoms with E-state index in [0.29, 0.717) is 6.42 Å². The molecule has 0 aromatic rings. The Bertz CT molecular complexity index is 195. The predicted octanol–water partition coefficient (Wildman–Crippen LogP) is 0.00160. The van der Waals surface area contributed by atoms with E-state index >= 15 is 0 Å². The topological polar surface area (TPSA) is 80.4 Å². The highest BCUT2D eigenvalue weighted by molar-refractivity contribution is 7.85. The van der Waals surface area contributed by atoms with Crippen molar-refractivity contribution in [3.05, 3.63) is 0 Å². The Morgan fingerprint density at radius 1 is 1.60 bits per heavy atom. The summed E-state index contributed by atoms with van der Waals surface area (Å²) in [5.41, 5.74) is 4.65. The van der Waals surface area contributed by atoms with Gasteiger partial charge in [0.05, 0.1) is 5.75 Å². The summed E-state index contributed by atoms with van der Waals surface area (Å²) in [4.78, 5) is 0. The van der Waals surface area contributed by atoms with Gasteiger partial charge in [0.15, 0.2) is 0 Å². The molecule has 0 fully saturated rings. The number of rotatable bonds is 3. The van der Waals surface area contributed by atoms with Crippen LogP contribution in [0.5, 0.6) is 0 Å². The monoisotopic (exact) mass is 167 g/mol. The molecule has 0 saturated carbocycles. The SMILES string of the molecule is CCC(C)(N)CS(=O)(=O)O. The second kappa shape index (κ2) is 2.86. The van der Waals surface area contributed by atoms with Crippen LogP contribution in [0.25, 0.3) is 0 Å². The van der Waals surface area contributed by atoms with Gasteiger partial charge in [-0.25, -0.2) is 0 Å². The van der Waals surface area contributed by atoms with Crippen molar-refractivity contribution in [1.82, 2.24) is 0 Å². The smallest absolute Gasteiger partial charge is 0.266 e. The van der Waals surface area contributed by atoms with Crippen molar-refractivity contribution in [1.29, 1.82) is 0 Å². The summed E-state index contributed by atoms with van der Waals surface area (Å²) < 4.78 is 28.9. The number of hydrogen-bond acceptors (Lipinski definition) is 3. The van der Waals surface area contributed by atoms with Gasteiger partial charge in [0.2, 0.25) is 0 Å². The zero-order valence-electron chi connectivity index (χ0n) is 6.16. The maximum Gasteiger partial charge on any atom is 0.266 e. The molecule has 0 aliphatic carbocycles. The van der Waals surface area contributed by atoms with Crippen molar-refractivity contribution in [3.63, 3.8) is 0 Å². The van der Waals surface area contributed by atoms with Crippen molar-refractivity contribution in [3.8, 4) is 0 Å². The summed E-state index contributed by atoms with van der Waals surface area (Å²) in [6, 6.07) is 0. The molecule has 0 spiro atoms. The molecule has 0 aromatic heterocycles. The zero-order chi connectivity index (χ0) is 8.41. The van der Waals surface area contributed by atoms with Crippen LogP contribution >= 0.6 is 0 Å². The second-order valence-corrected chi connectivity index (χ2v) is 4.19. The van der Waals surface area contributed by atoms with Crippen LogP contribution in [-0.2, 0) is 10.1 Å². The van der Waals surface area contributed by atoms with Crippen molar-refractivity contribution in [2.24, 2.45) is 5.73 Å². The van der Waals surface area contributed by atoms with Crippen LogP contribution in [0.2, 0.25) is 0 Å². The Kier molecular flexibility index (Phi) is 2.82. The predicted molar refractivity (Wildman–Crippen MR) is 39.3 cm³/mol. The van der Waals surface area contributed by atoms with Crippen LogP contribution in [0, 0.1) is 0 Å². The lowest BCUT2D eigenvalue weighted by atomic mass is 10.0. The summed E-state index contributed by atoms with van der Waals surface area (Å²) >= 11 is 0. The van der Waals surface area contributed by atoms with E-state index in [1.807, 2.05) is 0 Å². The molecule has 0 aliphatic rings. The Labute approximate surface area is 61.2 Å². The van der Waals surface area contributed by atoms with Crippen LogP contribution in [0.15, 0.2) is 0 Å². The van der Waals surface area contributed by atoms with Gasteiger partial charge in [-0.2, -0.15) is 8.42 Å². The molecule has 1 atom stereocenters. The molecule has 0 aromatic carbocycles. The average Bonchev–Trinajstić information content (AvgIpc) is 1.60. The molecular formula is C5H13NO3S. The average molecular weight is 167 g/mol. The lowest BCUT2D eigenvalue weighted by Gasteiger charge is -2.19. The van der Waals surface area contributed by atoms with Crippen LogP contribution in [0.1, 0.15) is 20.3 Å². The zero-order valence-corrected chi connectivity index (χ0v) is 6.98. The van der Waals surface area contributed by atoms with Gasteiger partial charge >= 0.3 is 0 Å². The van der Waals surface area contributed by atoms with Gasteiger partial charge in [0, 0.05) is 5.54 Å². The maximum absolute atomic E-state index is 10.3. The van der Waals surface area contributed by atoms with Gasteiger partial charge in [-0.15, -0.1) is 0 Å². The Morgan fingerprint density at radius 3 is 2.10 bits per heavy atom. The molecule has 4 nitrogen and oxygen atoms in total. The first-order valence-corrected chi connectivity index (χ1v) is 4.62. The number of hydrogen-bond donors (Lipinski definition) is 2. The molecule has 0 aliphatic heterocycles. The molecule has 5 heteroatoms. The van der Waals surface area contributed by atoms with Gasteiger partial charge in [-0.1, -0.05) is 6.92 Å². The maximum atomic E-state index is 10.3. The molecule has 0 rings (SSSR count).